The van der Waals surface area contributed by atoms with Crippen molar-refractivity contribution in [2.24, 2.45) is 0 Å². The third-order valence-corrected chi connectivity index (χ3v) is 5.10. The van der Waals surface area contributed by atoms with E-state index in [-0.39, 0.29) is 18.0 Å². The highest BCUT2D eigenvalue weighted by Crippen LogP contribution is 2.25. The maximum atomic E-state index is 12.4. The largest absolute Gasteiger partial charge is 0.350 e. The standard InChI is InChI=1S/C19H15N3O2S/c23-18(20-9-14-12-25-17-8-4-3-6-15(14)17)11-22-19(24)16-7-2-1-5-13(16)10-21-22/h1-8,10,12H,9,11H2,(H,20,23). The lowest BCUT2D eigenvalue weighted by Gasteiger charge is -2.07. The quantitative estimate of drug-likeness (QED) is 0.616. The fourth-order valence-corrected chi connectivity index (χ4v) is 3.76. The Morgan fingerprint density at radius 2 is 1.84 bits per heavy atom. The summed E-state index contributed by atoms with van der Waals surface area (Å²) in [6, 6.07) is 15.3. The van der Waals surface area contributed by atoms with Crippen molar-refractivity contribution in [2.45, 2.75) is 13.1 Å². The normalized spacial score (nSPS) is 11.0. The van der Waals surface area contributed by atoms with Gasteiger partial charge in [-0.15, -0.1) is 11.3 Å². The Morgan fingerprint density at radius 1 is 1.08 bits per heavy atom. The predicted molar refractivity (Wildman–Crippen MR) is 99.7 cm³/mol. The highest BCUT2D eigenvalue weighted by Gasteiger charge is 2.09. The molecule has 2 aromatic heterocycles. The van der Waals surface area contributed by atoms with Crippen LogP contribution in [0.25, 0.3) is 20.9 Å². The molecule has 1 N–H and O–H groups in total. The number of thiophene rings is 1. The molecule has 0 saturated heterocycles. The van der Waals surface area contributed by atoms with Crippen LogP contribution in [0, 0.1) is 0 Å². The second kappa shape index (κ2) is 6.49. The molecule has 1 amide bonds. The van der Waals surface area contributed by atoms with Crippen molar-refractivity contribution in [3.05, 3.63) is 76.0 Å². The van der Waals surface area contributed by atoms with Crippen molar-refractivity contribution in [2.75, 3.05) is 0 Å². The zero-order chi connectivity index (χ0) is 17.2. The van der Waals surface area contributed by atoms with E-state index in [2.05, 4.69) is 16.5 Å². The number of aromatic nitrogens is 2. The maximum absolute atomic E-state index is 12.4. The van der Waals surface area contributed by atoms with Crippen LogP contribution in [0.5, 0.6) is 0 Å². The molecular formula is C19H15N3O2S. The summed E-state index contributed by atoms with van der Waals surface area (Å²) < 4.78 is 2.39. The van der Waals surface area contributed by atoms with Gasteiger partial charge >= 0.3 is 0 Å². The van der Waals surface area contributed by atoms with Crippen molar-refractivity contribution < 1.29 is 4.79 Å². The third-order valence-electron chi connectivity index (χ3n) is 4.09. The highest BCUT2D eigenvalue weighted by molar-refractivity contribution is 7.17. The fourth-order valence-electron chi connectivity index (χ4n) is 2.80. The summed E-state index contributed by atoms with van der Waals surface area (Å²) in [5.74, 6) is -0.236. The first-order valence-electron chi connectivity index (χ1n) is 7.89. The Hall–Kier alpha value is -2.99. The predicted octanol–water partition coefficient (Wildman–Crippen LogP) is 2.93. The minimum Gasteiger partial charge on any atom is -0.350 e. The molecule has 0 aliphatic rings. The molecule has 0 aliphatic carbocycles. The van der Waals surface area contributed by atoms with E-state index in [4.69, 9.17) is 0 Å². The second-order valence-electron chi connectivity index (χ2n) is 5.73. The molecule has 4 aromatic rings. The van der Waals surface area contributed by atoms with Gasteiger partial charge in [0.1, 0.15) is 6.54 Å². The number of carbonyl (C=O) groups is 1. The lowest BCUT2D eigenvalue weighted by Crippen LogP contribution is -2.33. The van der Waals surface area contributed by atoms with Crippen molar-refractivity contribution in [1.82, 2.24) is 15.1 Å². The van der Waals surface area contributed by atoms with Crippen LogP contribution in [0.15, 0.2) is 64.9 Å². The van der Waals surface area contributed by atoms with Gasteiger partial charge < -0.3 is 5.32 Å². The average Bonchev–Trinajstić information content (AvgIpc) is 3.06. The summed E-state index contributed by atoms with van der Waals surface area (Å²) in [5, 5.41) is 11.5. The molecule has 0 aliphatic heterocycles. The number of nitrogens with one attached hydrogen (secondary N) is 1. The van der Waals surface area contributed by atoms with Gasteiger partial charge in [0, 0.05) is 16.6 Å². The molecule has 0 fully saturated rings. The van der Waals surface area contributed by atoms with Gasteiger partial charge in [-0.25, -0.2) is 4.68 Å². The SMILES string of the molecule is O=C(Cn1ncc2ccccc2c1=O)NCc1csc2ccccc12. The van der Waals surface area contributed by atoms with Gasteiger partial charge in [-0.05, 0) is 28.5 Å². The van der Waals surface area contributed by atoms with Gasteiger partial charge in [-0.2, -0.15) is 5.10 Å². The van der Waals surface area contributed by atoms with E-state index in [9.17, 15) is 9.59 Å². The number of rotatable bonds is 4. The first-order chi connectivity index (χ1) is 12.2. The van der Waals surface area contributed by atoms with Gasteiger partial charge in [-0.3, -0.25) is 9.59 Å². The molecule has 0 atom stereocenters. The van der Waals surface area contributed by atoms with Crippen LogP contribution in [0.3, 0.4) is 0 Å². The number of amides is 1. The van der Waals surface area contributed by atoms with E-state index < -0.39 is 0 Å². The number of benzene rings is 2. The third kappa shape index (κ3) is 3.04. The smallest absolute Gasteiger partial charge is 0.275 e. The molecule has 5 nitrogen and oxygen atoms in total. The fraction of sp³-hybridized carbons (Fsp3) is 0.105. The van der Waals surface area contributed by atoms with E-state index in [1.54, 1.807) is 29.7 Å². The zero-order valence-electron chi connectivity index (χ0n) is 13.3. The molecule has 0 spiro atoms. The van der Waals surface area contributed by atoms with Crippen molar-refractivity contribution in [3.63, 3.8) is 0 Å². The monoisotopic (exact) mass is 349 g/mol. The van der Waals surface area contributed by atoms with Crippen molar-refractivity contribution >= 4 is 38.1 Å². The van der Waals surface area contributed by atoms with E-state index in [1.165, 1.54) is 9.38 Å². The summed E-state index contributed by atoms with van der Waals surface area (Å²) in [6.45, 7) is 0.344. The average molecular weight is 349 g/mol. The Balaban J connectivity index is 1.49. The summed E-state index contributed by atoms with van der Waals surface area (Å²) >= 11 is 1.65. The summed E-state index contributed by atoms with van der Waals surface area (Å²) in [7, 11) is 0. The molecule has 0 radical (unpaired) electrons. The van der Waals surface area contributed by atoms with Crippen molar-refractivity contribution in [3.8, 4) is 0 Å². The highest BCUT2D eigenvalue weighted by atomic mass is 32.1. The second-order valence-corrected chi connectivity index (χ2v) is 6.64. The summed E-state index contributed by atoms with van der Waals surface area (Å²) in [4.78, 5) is 24.6. The summed E-state index contributed by atoms with van der Waals surface area (Å²) in [5.41, 5.74) is 0.821. The van der Waals surface area contributed by atoms with E-state index in [0.717, 1.165) is 16.3 Å². The van der Waals surface area contributed by atoms with Crippen LogP contribution in [-0.4, -0.2) is 15.7 Å². The first-order valence-corrected chi connectivity index (χ1v) is 8.77. The maximum Gasteiger partial charge on any atom is 0.275 e. The molecule has 2 aromatic carbocycles. The molecule has 0 saturated carbocycles. The van der Waals surface area contributed by atoms with Crippen LogP contribution in [0.2, 0.25) is 0 Å². The van der Waals surface area contributed by atoms with Gasteiger partial charge in [0.05, 0.1) is 11.6 Å². The molecular weight excluding hydrogens is 334 g/mol. The lowest BCUT2D eigenvalue weighted by molar-refractivity contribution is -0.122. The molecule has 0 bridgehead atoms. The first kappa shape index (κ1) is 15.5. The molecule has 25 heavy (non-hydrogen) atoms. The van der Waals surface area contributed by atoms with E-state index >= 15 is 0 Å². The number of hydrogen-bond acceptors (Lipinski definition) is 4. The number of fused-ring (bicyclic) bond motifs is 2. The minimum absolute atomic E-state index is 0.0915. The minimum atomic E-state index is -0.255. The van der Waals surface area contributed by atoms with E-state index in [1.807, 2.05) is 35.7 Å². The van der Waals surface area contributed by atoms with Gasteiger partial charge in [-0.1, -0.05) is 36.4 Å². The van der Waals surface area contributed by atoms with Gasteiger partial charge in [0.25, 0.3) is 5.56 Å². The Kier molecular flexibility index (Phi) is 4.03. The van der Waals surface area contributed by atoms with E-state index in [0.29, 0.717) is 11.9 Å². The van der Waals surface area contributed by atoms with Crippen LogP contribution in [0.4, 0.5) is 0 Å². The Morgan fingerprint density at radius 3 is 2.72 bits per heavy atom. The Bertz CT molecular complexity index is 1130. The summed E-state index contributed by atoms with van der Waals surface area (Å²) in [6.07, 6.45) is 1.61. The lowest BCUT2D eigenvalue weighted by atomic mass is 10.2. The molecule has 2 heterocycles. The topological polar surface area (TPSA) is 64.0 Å². The molecule has 0 unspecified atom stereocenters. The Labute approximate surface area is 147 Å². The number of hydrogen-bond donors (Lipinski definition) is 1. The number of nitrogens with zero attached hydrogens (tertiary/aromatic N) is 2. The van der Waals surface area contributed by atoms with Gasteiger partial charge in [0.2, 0.25) is 5.91 Å². The van der Waals surface area contributed by atoms with Crippen LogP contribution < -0.4 is 10.9 Å². The molecule has 124 valence electrons. The molecule has 4 rings (SSSR count). The number of carbonyl (C=O) groups excluding carboxylic acids is 1. The van der Waals surface area contributed by atoms with Crippen molar-refractivity contribution in [1.29, 1.82) is 0 Å². The van der Waals surface area contributed by atoms with Crippen LogP contribution in [-0.2, 0) is 17.9 Å². The van der Waals surface area contributed by atoms with Crippen LogP contribution >= 0.6 is 11.3 Å². The zero-order valence-corrected chi connectivity index (χ0v) is 14.1. The van der Waals surface area contributed by atoms with Gasteiger partial charge in [0.15, 0.2) is 0 Å². The molecule has 6 heteroatoms. The van der Waals surface area contributed by atoms with Crippen LogP contribution in [0.1, 0.15) is 5.56 Å².